The largest absolute Gasteiger partial charge is 0.490 e. The molecule has 0 bridgehead atoms. The highest BCUT2D eigenvalue weighted by Gasteiger charge is 2.21. The van der Waals surface area contributed by atoms with Crippen molar-refractivity contribution in [2.45, 2.75) is 44.8 Å². The van der Waals surface area contributed by atoms with Crippen molar-refractivity contribution in [3.63, 3.8) is 0 Å². The summed E-state index contributed by atoms with van der Waals surface area (Å²) < 4.78 is 5.95. The lowest BCUT2D eigenvalue weighted by molar-refractivity contribution is 0.0934. The summed E-state index contributed by atoms with van der Waals surface area (Å²) in [6.07, 6.45) is 4.66. The van der Waals surface area contributed by atoms with Crippen LogP contribution in [0.5, 0.6) is 5.75 Å². The molecule has 0 aromatic heterocycles. The predicted molar refractivity (Wildman–Crippen MR) is 80.3 cm³/mol. The Balaban J connectivity index is 2.16. The van der Waals surface area contributed by atoms with Gasteiger partial charge in [0.05, 0.1) is 11.7 Å². The highest BCUT2D eigenvalue weighted by molar-refractivity contribution is 6.31. The number of nitrogens with one attached hydrogen (secondary N) is 1. The SMILES string of the molecule is C[C@@H](CN)NC(=O)c1cc(Cl)ccc1OC1CCCC1. The zero-order valence-corrected chi connectivity index (χ0v) is 12.5. The molecule has 4 nitrogen and oxygen atoms in total. The van der Waals surface area contributed by atoms with Crippen LogP contribution in [0.25, 0.3) is 0 Å². The first kappa shape index (κ1) is 15.1. The second-order valence-corrected chi connectivity index (χ2v) is 5.71. The van der Waals surface area contributed by atoms with Gasteiger partial charge in [0.15, 0.2) is 0 Å². The number of nitrogens with two attached hydrogens (primary N) is 1. The third-order valence-corrected chi connectivity index (χ3v) is 3.75. The highest BCUT2D eigenvalue weighted by Crippen LogP contribution is 2.28. The van der Waals surface area contributed by atoms with Crippen LogP contribution in [0.1, 0.15) is 43.0 Å². The molecular weight excluding hydrogens is 276 g/mol. The summed E-state index contributed by atoms with van der Waals surface area (Å²) in [5.41, 5.74) is 6.00. The summed E-state index contributed by atoms with van der Waals surface area (Å²) in [5, 5.41) is 3.36. The number of hydrogen-bond donors (Lipinski definition) is 2. The summed E-state index contributed by atoms with van der Waals surface area (Å²) >= 11 is 5.99. The molecule has 0 radical (unpaired) electrons. The first-order chi connectivity index (χ1) is 9.60. The molecule has 1 aliphatic rings. The Morgan fingerprint density at radius 2 is 2.20 bits per heavy atom. The number of rotatable bonds is 5. The van der Waals surface area contributed by atoms with Crippen LogP contribution in [0.3, 0.4) is 0 Å². The van der Waals surface area contributed by atoms with E-state index in [-0.39, 0.29) is 18.1 Å². The lowest BCUT2D eigenvalue weighted by atomic mass is 10.1. The van der Waals surface area contributed by atoms with Gasteiger partial charge in [0, 0.05) is 17.6 Å². The first-order valence-electron chi connectivity index (χ1n) is 7.07. The van der Waals surface area contributed by atoms with Crippen molar-refractivity contribution in [1.82, 2.24) is 5.32 Å². The van der Waals surface area contributed by atoms with E-state index in [0.29, 0.717) is 22.9 Å². The van der Waals surface area contributed by atoms with Crippen LogP contribution in [0.2, 0.25) is 5.02 Å². The van der Waals surface area contributed by atoms with Crippen molar-refractivity contribution in [2.24, 2.45) is 5.73 Å². The van der Waals surface area contributed by atoms with Gasteiger partial charge in [-0.2, -0.15) is 0 Å². The molecule has 1 fully saturated rings. The number of hydrogen-bond acceptors (Lipinski definition) is 3. The van der Waals surface area contributed by atoms with Crippen molar-refractivity contribution in [2.75, 3.05) is 6.54 Å². The molecule has 3 N–H and O–H groups in total. The van der Waals surface area contributed by atoms with Gasteiger partial charge in [-0.25, -0.2) is 0 Å². The Labute approximate surface area is 124 Å². The van der Waals surface area contributed by atoms with Crippen molar-refractivity contribution in [1.29, 1.82) is 0 Å². The molecule has 0 heterocycles. The van der Waals surface area contributed by atoms with Crippen LogP contribution in [-0.4, -0.2) is 24.6 Å². The van der Waals surface area contributed by atoms with Crippen LogP contribution < -0.4 is 15.8 Å². The summed E-state index contributed by atoms with van der Waals surface area (Å²) in [6.45, 7) is 2.26. The highest BCUT2D eigenvalue weighted by atomic mass is 35.5. The lowest BCUT2D eigenvalue weighted by Gasteiger charge is -2.18. The summed E-state index contributed by atoms with van der Waals surface area (Å²) in [4.78, 5) is 12.3. The van der Waals surface area contributed by atoms with Gasteiger partial charge in [-0.1, -0.05) is 11.6 Å². The van der Waals surface area contributed by atoms with Crippen LogP contribution >= 0.6 is 11.6 Å². The Kier molecular flexibility index (Phi) is 5.26. The molecule has 5 heteroatoms. The third kappa shape index (κ3) is 3.87. The Hall–Kier alpha value is -1.26. The topological polar surface area (TPSA) is 64.3 Å². The average molecular weight is 297 g/mol. The second kappa shape index (κ2) is 6.95. The standard InChI is InChI=1S/C15H21ClN2O2/c1-10(9-17)18-15(19)13-8-11(16)6-7-14(13)20-12-4-2-3-5-12/h6-8,10,12H,2-5,9,17H2,1H3,(H,18,19)/t10-/m0/s1. The number of carbonyl (C=O) groups excluding carboxylic acids is 1. The molecule has 110 valence electrons. The van der Waals surface area contributed by atoms with Gasteiger partial charge >= 0.3 is 0 Å². The van der Waals surface area contributed by atoms with E-state index in [9.17, 15) is 4.79 Å². The fourth-order valence-electron chi connectivity index (χ4n) is 2.33. The maximum absolute atomic E-state index is 12.3. The van der Waals surface area contributed by atoms with Crippen molar-refractivity contribution < 1.29 is 9.53 Å². The summed E-state index contributed by atoms with van der Waals surface area (Å²) in [6, 6.07) is 5.07. The fraction of sp³-hybridized carbons (Fsp3) is 0.533. The maximum atomic E-state index is 12.3. The molecule has 2 rings (SSSR count). The predicted octanol–water partition coefficient (Wildman–Crippen LogP) is 2.74. The molecule has 20 heavy (non-hydrogen) atoms. The number of carbonyl (C=O) groups is 1. The zero-order valence-electron chi connectivity index (χ0n) is 11.7. The van der Waals surface area contributed by atoms with E-state index in [0.717, 1.165) is 12.8 Å². The van der Waals surface area contributed by atoms with Gasteiger partial charge in [-0.05, 0) is 50.8 Å². The summed E-state index contributed by atoms with van der Waals surface area (Å²) in [5.74, 6) is 0.404. The molecule has 1 atom stereocenters. The van der Waals surface area contributed by atoms with E-state index < -0.39 is 0 Å². The molecule has 1 aromatic rings. The number of amides is 1. The monoisotopic (exact) mass is 296 g/mol. The molecule has 0 saturated heterocycles. The number of halogens is 1. The first-order valence-corrected chi connectivity index (χ1v) is 7.45. The number of benzene rings is 1. The third-order valence-electron chi connectivity index (χ3n) is 3.51. The second-order valence-electron chi connectivity index (χ2n) is 5.28. The van der Waals surface area contributed by atoms with Gasteiger partial charge in [0.25, 0.3) is 5.91 Å². The fourth-order valence-corrected chi connectivity index (χ4v) is 2.50. The van der Waals surface area contributed by atoms with Crippen LogP contribution in [-0.2, 0) is 0 Å². The van der Waals surface area contributed by atoms with Gasteiger partial charge in [0.1, 0.15) is 5.75 Å². The van der Waals surface area contributed by atoms with Crippen molar-refractivity contribution in [3.05, 3.63) is 28.8 Å². The van der Waals surface area contributed by atoms with E-state index >= 15 is 0 Å². The molecule has 1 amide bonds. The van der Waals surface area contributed by atoms with E-state index in [1.807, 2.05) is 6.92 Å². The Morgan fingerprint density at radius 3 is 2.85 bits per heavy atom. The minimum Gasteiger partial charge on any atom is -0.490 e. The zero-order chi connectivity index (χ0) is 14.5. The molecular formula is C15H21ClN2O2. The summed E-state index contributed by atoms with van der Waals surface area (Å²) in [7, 11) is 0. The van der Waals surface area contributed by atoms with E-state index in [1.165, 1.54) is 12.8 Å². The molecule has 0 aliphatic heterocycles. The van der Waals surface area contributed by atoms with E-state index in [1.54, 1.807) is 18.2 Å². The Morgan fingerprint density at radius 1 is 1.50 bits per heavy atom. The van der Waals surface area contributed by atoms with Crippen molar-refractivity contribution in [3.8, 4) is 5.75 Å². The van der Waals surface area contributed by atoms with E-state index in [4.69, 9.17) is 22.1 Å². The molecule has 1 saturated carbocycles. The molecule has 0 unspecified atom stereocenters. The van der Waals surface area contributed by atoms with Gasteiger partial charge < -0.3 is 15.8 Å². The van der Waals surface area contributed by atoms with Crippen molar-refractivity contribution >= 4 is 17.5 Å². The van der Waals surface area contributed by atoms with E-state index in [2.05, 4.69) is 5.32 Å². The Bertz CT molecular complexity index is 473. The lowest BCUT2D eigenvalue weighted by Crippen LogP contribution is -2.38. The van der Waals surface area contributed by atoms with Gasteiger partial charge in [-0.15, -0.1) is 0 Å². The minimum atomic E-state index is -0.196. The molecule has 0 spiro atoms. The van der Waals surface area contributed by atoms with Gasteiger partial charge in [-0.3, -0.25) is 4.79 Å². The smallest absolute Gasteiger partial charge is 0.255 e. The van der Waals surface area contributed by atoms with Gasteiger partial charge in [0.2, 0.25) is 0 Å². The van der Waals surface area contributed by atoms with Crippen LogP contribution in [0.15, 0.2) is 18.2 Å². The van der Waals surface area contributed by atoms with Crippen LogP contribution in [0.4, 0.5) is 0 Å². The maximum Gasteiger partial charge on any atom is 0.255 e. The normalized spacial score (nSPS) is 16.9. The molecule has 1 aromatic carbocycles. The number of ether oxygens (including phenoxy) is 1. The van der Waals surface area contributed by atoms with Crippen LogP contribution in [0, 0.1) is 0 Å². The molecule has 1 aliphatic carbocycles. The average Bonchev–Trinajstić information content (AvgIpc) is 2.93. The minimum absolute atomic E-state index is 0.0826. The quantitative estimate of drug-likeness (QED) is 0.878.